The molecule has 1 aromatic carbocycles. The van der Waals surface area contributed by atoms with E-state index in [2.05, 4.69) is 6.92 Å². The van der Waals surface area contributed by atoms with Gasteiger partial charge in [-0.1, -0.05) is 13.0 Å². The van der Waals surface area contributed by atoms with E-state index in [-0.39, 0.29) is 11.4 Å². The summed E-state index contributed by atoms with van der Waals surface area (Å²) in [5.74, 6) is 1.79. The van der Waals surface area contributed by atoms with Crippen molar-refractivity contribution in [2.75, 3.05) is 11.5 Å². The van der Waals surface area contributed by atoms with Crippen LogP contribution in [0, 0.1) is 10.1 Å². The highest BCUT2D eigenvalue weighted by Gasteiger charge is 2.11. The van der Waals surface area contributed by atoms with Crippen molar-refractivity contribution in [3.05, 3.63) is 33.9 Å². The number of nitro benzene ring substituents is 1. The van der Waals surface area contributed by atoms with Crippen LogP contribution in [0.2, 0.25) is 0 Å². The Morgan fingerprint density at radius 1 is 1.57 bits per heavy atom. The molecule has 0 saturated heterocycles. The number of rotatable bonds is 4. The molecule has 0 aromatic heterocycles. The first-order valence-electron chi connectivity index (χ1n) is 4.25. The lowest BCUT2D eigenvalue weighted by Gasteiger charge is -2.01. The fourth-order valence-corrected chi connectivity index (χ4v) is 1.68. The predicted molar refractivity (Wildman–Crippen MR) is 59.3 cm³/mol. The van der Waals surface area contributed by atoms with Gasteiger partial charge in [-0.05, 0) is 17.4 Å². The number of nitrogens with zero attached hydrogens (tertiary/aromatic N) is 1. The smallest absolute Gasteiger partial charge is 0.292 e. The number of thioether (sulfide) groups is 1. The van der Waals surface area contributed by atoms with E-state index < -0.39 is 4.92 Å². The first-order valence-corrected chi connectivity index (χ1v) is 5.41. The highest BCUT2D eigenvalue weighted by molar-refractivity contribution is 7.98. The normalized spacial score (nSPS) is 10.1. The lowest BCUT2D eigenvalue weighted by molar-refractivity contribution is -0.383. The van der Waals surface area contributed by atoms with Crippen LogP contribution in [0.4, 0.5) is 11.4 Å². The minimum absolute atomic E-state index is 0.000738. The summed E-state index contributed by atoms with van der Waals surface area (Å²) in [6.45, 7) is 2.05. The summed E-state index contributed by atoms with van der Waals surface area (Å²) in [5, 5.41) is 10.6. The lowest BCUT2D eigenvalue weighted by atomic mass is 10.2. The van der Waals surface area contributed by atoms with Gasteiger partial charge in [-0.2, -0.15) is 11.8 Å². The van der Waals surface area contributed by atoms with E-state index in [9.17, 15) is 10.1 Å². The Hall–Kier alpha value is -1.23. The lowest BCUT2D eigenvalue weighted by Crippen LogP contribution is -1.96. The number of benzene rings is 1. The SMILES string of the molecule is CCSCc1ccc(N)c([N+](=O)[O-])c1. The first kappa shape index (κ1) is 10.8. The fraction of sp³-hybridized carbons (Fsp3) is 0.333. The Morgan fingerprint density at radius 2 is 2.29 bits per heavy atom. The molecule has 0 aliphatic heterocycles. The zero-order chi connectivity index (χ0) is 10.6. The second-order valence-corrected chi connectivity index (χ2v) is 4.06. The van der Waals surface area contributed by atoms with Crippen molar-refractivity contribution in [3.8, 4) is 0 Å². The van der Waals surface area contributed by atoms with Crippen molar-refractivity contribution < 1.29 is 4.92 Å². The molecule has 0 bridgehead atoms. The molecule has 4 nitrogen and oxygen atoms in total. The zero-order valence-corrected chi connectivity index (χ0v) is 8.71. The third kappa shape index (κ3) is 2.63. The molecule has 0 fully saturated rings. The molecule has 0 unspecified atom stereocenters. The van der Waals surface area contributed by atoms with Gasteiger partial charge in [0.25, 0.3) is 5.69 Å². The molecule has 76 valence electrons. The molecule has 0 atom stereocenters. The van der Waals surface area contributed by atoms with Gasteiger partial charge in [-0.15, -0.1) is 0 Å². The van der Waals surface area contributed by atoms with Crippen molar-refractivity contribution in [2.45, 2.75) is 12.7 Å². The topological polar surface area (TPSA) is 69.2 Å². The predicted octanol–water partition coefficient (Wildman–Crippen LogP) is 2.43. The number of nitrogens with two attached hydrogens (primary N) is 1. The van der Waals surface area contributed by atoms with Gasteiger partial charge in [0.15, 0.2) is 0 Å². The molecular formula is C9H12N2O2S. The maximum absolute atomic E-state index is 10.6. The first-order chi connectivity index (χ1) is 6.65. The van der Waals surface area contributed by atoms with E-state index in [1.54, 1.807) is 17.8 Å². The molecule has 0 saturated carbocycles. The van der Waals surface area contributed by atoms with Gasteiger partial charge >= 0.3 is 0 Å². The number of hydrogen-bond acceptors (Lipinski definition) is 4. The highest BCUT2D eigenvalue weighted by Crippen LogP contribution is 2.24. The molecule has 0 aliphatic rings. The molecule has 0 spiro atoms. The van der Waals surface area contributed by atoms with E-state index in [0.717, 1.165) is 17.1 Å². The van der Waals surface area contributed by atoms with Crippen LogP contribution in [0.1, 0.15) is 12.5 Å². The Labute approximate surface area is 86.6 Å². The Kier molecular flexibility index (Phi) is 3.76. The number of hydrogen-bond donors (Lipinski definition) is 1. The Bertz CT molecular complexity index is 342. The third-order valence-corrected chi connectivity index (χ3v) is 2.71. The van der Waals surface area contributed by atoms with Crippen molar-refractivity contribution in [1.82, 2.24) is 0 Å². The van der Waals surface area contributed by atoms with Crippen LogP contribution >= 0.6 is 11.8 Å². The van der Waals surface area contributed by atoms with Gasteiger partial charge in [-0.25, -0.2) is 0 Å². The standard InChI is InChI=1S/C9H12N2O2S/c1-2-14-6-7-3-4-8(10)9(5-7)11(12)13/h3-5H,2,6,10H2,1H3. The van der Waals surface area contributed by atoms with Crippen LogP contribution in [-0.4, -0.2) is 10.7 Å². The molecule has 1 rings (SSSR count). The van der Waals surface area contributed by atoms with E-state index >= 15 is 0 Å². The van der Waals surface area contributed by atoms with Gasteiger partial charge in [0.05, 0.1) is 4.92 Å². The van der Waals surface area contributed by atoms with Gasteiger partial charge in [-0.3, -0.25) is 10.1 Å². The average molecular weight is 212 g/mol. The van der Waals surface area contributed by atoms with Crippen LogP contribution in [-0.2, 0) is 5.75 Å². The summed E-state index contributed by atoms with van der Waals surface area (Å²) in [6, 6.07) is 4.95. The summed E-state index contributed by atoms with van der Waals surface area (Å²) < 4.78 is 0. The molecule has 0 heterocycles. The third-order valence-electron chi connectivity index (χ3n) is 1.76. The van der Waals surface area contributed by atoms with E-state index in [1.165, 1.54) is 6.07 Å². The summed E-state index contributed by atoms with van der Waals surface area (Å²) in [6.07, 6.45) is 0. The molecular weight excluding hydrogens is 200 g/mol. The minimum Gasteiger partial charge on any atom is -0.393 e. The molecule has 0 amide bonds. The Balaban J connectivity index is 2.89. The molecule has 0 radical (unpaired) electrons. The fourth-order valence-electron chi connectivity index (χ4n) is 1.06. The van der Waals surface area contributed by atoms with Crippen LogP contribution in [0.15, 0.2) is 18.2 Å². The minimum atomic E-state index is -0.449. The summed E-state index contributed by atoms with van der Waals surface area (Å²) in [5.41, 5.74) is 6.63. The summed E-state index contributed by atoms with van der Waals surface area (Å²) in [7, 11) is 0. The van der Waals surface area contributed by atoms with E-state index in [1.807, 2.05) is 6.07 Å². The van der Waals surface area contributed by atoms with Crippen LogP contribution in [0.5, 0.6) is 0 Å². The largest absolute Gasteiger partial charge is 0.393 e. The van der Waals surface area contributed by atoms with E-state index in [4.69, 9.17) is 5.73 Å². The van der Waals surface area contributed by atoms with Crippen molar-refractivity contribution in [3.63, 3.8) is 0 Å². The second kappa shape index (κ2) is 4.85. The summed E-state index contributed by atoms with van der Waals surface area (Å²) in [4.78, 5) is 10.1. The highest BCUT2D eigenvalue weighted by atomic mass is 32.2. The quantitative estimate of drug-likeness (QED) is 0.472. The second-order valence-electron chi connectivity index (χ2n) is 2.79. The van der Waals surface area contributed by atoms with Crippen molar-refractivity contribution in [2.24, 2.45) is 0 Å². The monoisotopic (exact) mass is 212 g/mol. The average Bonchev–Trinajstić information content (AvgIpc) is 2.16. The molecule has 2 N–H and O–H groups in total. The van der Waals surface area contributed by atoms with Crippen LogP contribution in [0.25, 0.3) is 0 Å². The van der Waals surface area contributed by atoms with Crippen molar-refractivity contribution >= 4 is 23.1 Å². The molecule has 1 aromatic rings. The number of nitrogen functional groups attached to an aromatic ring is 1. The number of nitro groups is 1. The zero-order valence-electron chi connectivity index (χ0n) is 7.90. The summed E-state index contributed by atoms with van der Waals surface area (Å²) >= 11 is 1.72. The maximum Gasteiger partial charge on any atom is 0.292 e. The van der Waals surface area contributed by atoms with E-state index in [0.29, 0.717) is 0 Å². The number of anilines is 1. The Morgan fingerprint density at radius 3 is 2.86 bits per heavy atom. The van der Waals surface area contributed by atoms with Gasteiger partial charge < -0.3 is 5.73 Å². The maximum atomic E-state index is 10.6. The van der Waals surface area contributed by atoms with Gasteiger partial charge in [0, 0.05) is 11.8 Å². The van der Waals surface area contributed by atoms with Gasteiger partial charge in [0.2, 0.25) is 0 Å². The molecule has 0 aliphatic carbocycles. The molecule has 5 heteroatoms. The van der Waals surface area contributed by atoms with Crippen molar-refractivity contribution in [1.29, 1.82) is 0 Å². The van der Waals surface area contributed by atoms with Crippen LogP contribution in [0.3, 0.4) is 0 Å². The van der Waals surface area contributed by atoms with Crippen LogP contribution < -0.4 is 5.73 Å². The molecule has 14 heavy (non-hydrogen) atoms. The van der Waals surface area contributed by atoms with Gasteiger partial charge in [0.1, 0.15) is 5.69 Å².